The highest BCUT2D eigenvalue weighted by atomic mass is 16.8. The van der Waals surface area contributed by atoms with E-state index in [2.05, 4.69) is 0 Å². The van der Waals surface area contributed by atoms with Gasteiger partial charge in [0.1, 0.15) is 19.0 Å². The molecule has 2 heterocycles. The van der Waals surface area contributed by atoms with Crippen LogP contribution >= 0.6 is 0 Å². The summed E-state index contributed by atoms with van der Waals surface area (Å²) in [5.41, 5.74) is 1.89. The van der Waals surface area contributed by atoms with E-state index in [0.717, 1.165) is 11.1 Å². The van der Waals surface area contributed by atoms with Crippen LogP contribution in [-0.2, 0) is 39.8 Å². The molecule has 5 atom stereocenters. The van der Waals surface area contributed by atoms with Crippen LogP contribution in [0.2, 0.25) is 0 Å². The van der Waals surface area contributed by atoms with Crippen molar-refractivity contribution in [2.24, 2.45) is 0 Å². The van der Waals surface area contributed by atoms with Crippen molar-refractivity contribution >= 4 is 5.78 Å². The quantitative estimate of drug-likeness (QED) is 0.523. The fourth-order valence-corrected chi connectivity index (χ4v) is 3.44. The first-order valence-electron chi connectivity index (χ1n) is 9.53. The Hall–Kier alpha value is -2.13. The van der Waals surface area contributed by atoms with Gasteiger partial charge < -0.3 is 28.4 Å². The summed E-state index contributed by atoms with van der Waals surface area (Å²) < 4.78 is 34.1. The number of fused-ring (bicyclic) bond motifs is 1. The van der Waals surface area contributed by atoms with Crippen molar-refractivity contribution in [1.82, 2.24) is 0 Å². The van der Waals surface area contributed by atoms with Crippen LogP contribution in [0, 0.1) is 0 Å². The molecule has 0 aromatic heterocycles. The van der Waals surface area contributed by atoms with Gasteiger partial charge in [0.2, 0.25) is 12.1 Å². The number of rotatable bonds is 7. The van der Waals surface area contributed by atoms with Gasteiger partial charge in [-0.3, -0.25) is 4.79 Å². The van der Waals surface area contributed by atoms with E-state index >= 15 is 0 Å². The van der Waals surface area contributed by atoms with Gasteiger partial charge in [0, 0.05) is 12.7 Å². The number of hydrogen-bond donors (Lipinski definition) is 0. The summed E-state index contributed by atoms with van der Waals surface area (Å²) in [6.07, 6.45) is -3.57. The normalized spacial score (nSPS) is 29.4. The zero-order valence-corrected chi connectivity index (χ0v) is 16.1. The minimum absolute atomic E-state index is 0.0504. The summed E-state index contributed by atoms with van der Waals surface area (Å²) in [7, 11) is 1.42. The minimum atomic E-state index is -1.02. The zero-order chi connectivity index (χ0) is 20.1. The van der Waals surface area contributed by atoms with Gasteiger partial charge >= 0.3 is 0 Å². The lowest BCUT2D eigenvalue weighted by molar-refractivity contribution is -0.325. The largest absolute Gasteiger partial charge is 0.351 e. The molecule has 0 aliphatic carbocycles. The van der Waals surface area contributed by atoms with Gasteiger partial charge in [-0.05, 0) is 5.56 Å². The van der Waals surface area contributed by atoms with Crippen LogP contribution in [0.5, 0.6) is 0 Å². The van der Waals surface area contributed by atoms with Gasteiger partial charge in [-0.25, -0.2) is 0 Å². The molecule has 0 amide bonds. The Morgan fingerprint density at radius 2 is 1.72 bits per heavy atom. The molecule has 2 aromatic carbocycles. The predicted molar refractivity (Wildman–Crippen MR) is 102 cm³/mol. The monoisotopic (exact) mass is 400 g/mol. The molecule has 0 spiro atoms. The summed E-state index contributed by atoms with van der Waals surface area (Å²) in [6.45, 7) is 0.601. The number of hydrogen-bond acceptors (Lipinski definition) is 7. The number of methoxy groups -OCH3 is 1. The van der Waals surface area contributed by atoms with E-state index in [1.165, 1.54) is 7.11 Å². The lowest BCUT2D eigenvalue weighted by atomic mass is 9.99. The van der Waals surface area contributed by atoms with E-state index in [0.29, 0.717) is 6.61 Å². The molecule has 0 radical (unpaired) electrons. The fraction of sp³-hybridized carbons (Fsp3) is 0.409. The summed E-state index contributed by atoms with van der Waals surface area (Å²) in [5, 5.41) is 0. The van der Waals surface area contributed by atoms with E-state index < -0.39 is 30.9 Å². The van der Waals surface area contributed by atoms with Gasteiger partial charge in [0.05, 0.1) is 13.2 Å². The Labute approximate surface area is 169 Å². The van der Waals surface area contributed by atoms with Gasteiger partial charge in [-0.15, -0.1) is 0 Å². The van der Waals surface area contributed by atoms with Crippen molar-refractivity contribution in [3.63, 3.8) is 0 Å². The molecule has 7 nitrogen and oxygen atoms in total. The molecule has 2 aliphatic heterocycles. The third-order valence-corrected chi connectivity index (χ3v) is 4.90. The SMILES string of the molecule is CO[C@@H]1O[C@@H]2CO[C@@H](c3ccccc3)O[C@H]2[C@H](OCOCc2ccccc2)C1=O. The van der Waals surface area contributed by atoms with Crippen LogP contribution in [0.15, 0.2) is 60.7 Å². The van der Waals surface area contributed by atoms with Crippen molar-refractivity contribution in [2.75, 3.05) is 20.5 Å². The Morgan fingerprint density at radius 1 is 1.00 bits per heavy atom. The van der Waals surface area contributed by atoms with Gasteiger partial charge in [0.25, 0.3) is 0 Å². The van der Waals surface area contributed by atoms with Crippen molar-refractivity contribution in [3.8, 4) is 0 Å². The third-order valence-electron chi connectivity index (χ3n) is 4.90. The molecule has 154 valence electrons. The zero-order valence-electron chi connectivity index (χ0n) is 16.1. The van der Waals surface area contributed by atoms with E-state index in [4.69, 9.17) is 28.4 Å². The predicted octanol–water partition coefficient (Wildman–Crippen LogP) is 2.60. The molecule has 4 rings (SSSR count). The van der Waals surface area contributed by atoms with Gasteiger partial charge in [-0.2, -0.15) is 0 Å². The van der Waals surface area contributed by atoms with Crippen LogP contribution < -0.4 is 0 Å². The fourth-order valence-electron chi connectivity index (χ4n) is 3.44. The van der Waals surface area contributed by atoms with E-state index in [-0.39, 0.29) is 19.2 Å². The van der Waals surface area contributed by atoms with Crippen LogP contribution in [-0.4, -0.2) is 50.9 Å². The van der Waals surface area contributed by atoms with E-state index in [9.17, 15) is 4.79 Å². The number of Topliss-reactive ketones (excluding diaryl/α,β-unsaturated/α-hetero) is 1. The standard InChI is InChI=1S/C22H24O7/c1-24-22-18(23)20(27-14-25-12-15-8-4-2-5-9-15)19-17(28-22)13-26-21(29-19)16-10-6-3-7-11-16/h2-11,17,19-22H,12-14H2,1H3/t17-,19-,20-,21-,22-/m1/s1. The lowest BCUT2D eigenvalue weighted by Gasteiger charge is -2.44. The summed E-state index contributed by atoms with van der Waals surface area (Å²) in [4.78, 5) is 12.8. The van der Waals surface area contributed by atoms with Crippen molar-refractivity contribution in [1.29, 1.82) is 0 Å². The molecular weight excluding hydrogens is 376 g/mol. The summed E-state index contributed by atoms with van der Waals surface area (Å²) in [6, 6.07) is 19.3. The smallest absolute Gasteiger partial charge is 0.220 e. The van der Waals surface area contributed by atoms with Crippen molar-refractivity contribution in [3.05, 3.63) is 71.8 Å². The maximum atomic E-state index is 12.8. The lowest BCUT2D eigenvalue weighted by Crippen LogP contribution is -2.61. The summed E-state index contributed by atoms with van der Waals surface area (Å²) in [5.74, 6) is -0.328. The highest BCUT2D eigenvalue weighted by molar-refractivity contribution is 5.87. The molecule has 2 aromatic rings. The molecule has 0 N–H and O–H groups in total. The number of carbonyl (C=O) groups is 1. The Morgan fingerprint density at radius 3 is 2.45 bits per heavy atom. The Kier molecular flexibility index (Phi) is 6.66. The van der Waals surface area contributed by atoms with Crippen molar-refractivity contribution in [2.45, 2.75) is 37.5 Å². The van der Waals surface area contributed by atoms with E-state index in [1.807, 2.05) is 60.7 Å². The highest BCUT2D eigenvalue weighted by Gasteiger charge is 2.50. The first kappa shape index (κ1) is 20.2. The van der Waals surface area contributed by atoms with Crippen LogP contribution in [0.1, 0.15) is 17.4 Å². The molecule has 7 heteroatoms. The second-order valence-electron chi connectivity index (χ2n) is 6.86. The average Bonchev–Trinajstić information content (AvgIpc) is 2.78. The molecule has 29 heavy (non-hydrogen) atoms. The summed E-state index contributed by atoms with van der Waals surface area (Å²) >= 11 is 0. The van der Waals surface area contributed by atoms with Crippen LogP contribution in [0.3, 0.4) is 0 Å². The van der Waals surface area contributed by atoms with Crippen LogP contribution in [0.25, 0.3) is 0 Å². The number of carbonyl (C=O) groups excluding carboxylic acids is 1. The Bertz CT molecular complexity index is 782. The number of ether oxygens (including phenoxy) is 6. The average molecular weight is 400 g/mol. The molecule has 0 unspecified atom stereocenters. The molecule has 0 bridgehead atoms. The molecule has 2 saturated heterocycles. The van der Waals surface area contributed by atoms with Crippen LogP contribution in [0.4, 0.5) is 0 Å². The molecule has 0 saturated carbocycles. The first-order chi connectivity index (χ1) is 14.3. The molecule has 2 aliphatic rings. The topological polar surface area (TPSA) is 72.5 Å². The molecular formula is C22H24O7. The second kappa shape index (κ2) is 9.58. The Balaban J connectivity index is 1.41. The van der Waals surface area contributed by atoms with E-state index in [1.54, 1.807) is 0 Å². The highest BCUT2D eigenvalue weighted by Crippen LogP contribution is 2.34. The second-order valence-corrected chi connectivity index (χ2v) is 6.86. The minimum Gasteiger partial charge on any atom is -0.351 e. The number of ketones is 1. The first-order valence-corrected chi connectivity index (χ1v) is 9.53. The van der Waals surface area contributed by atoms with Gasteiger partial charge in [0.15, 0.2) is 12.4 Å². The maximum absolute atomic E-state index is 12.8. The third kappa shape index (κ3) is 4.72. The van der Waals surface area contributed by atoms with Gasteiger partial charge in [-0.1, -0.05) is 60.7 Å². The number of benzene rings is 2. The van der Waals surface area contributed by atoms with Crippen molar-refractivity contribution < 1.29 is 33.2 Å². The molecule has 2 fully saturated rings. The maximum Gasteiger partial charge on any atom is 0.220 e.